The van der Waals surface area contributed by atoms with Gasteiger partial charge in [-0.15, -0.1) is 5.10 Å². The van der Waals surface area contributed by atoms with Gasteiger partial charge in [0.15, 0.2) is 0 Å². The molecule has 3 N–H and O–H groups in total. The third-order valence-corrected chi connectivity index (χ3v) is 2.70. The first-order chi connectivity index (χ1) is 6.68. The second-order valence-electron chi connectivity index (χ2n) is 3.46. The molecule has 1 fully saturated rings. The molecule has 1 aliphatic heterocycles. The summed E-state index contributed by atoms with van der Waals surface area (Å²) in [6.07, 6.45) is 0. The van der Waals surface area contributed by atoms with Gasteiger partial charge in [0.1, 0.15) is 0 Å². The predicted molar refractivity (Wildman–Crippen MR) is 57.3 cm³/mol. The summed E-state index contributed by atoms with van der Waals surface area (Å²) in [7, 11) is 2.11. The highest BCUT2D eigenvalue weighted by molar-refractivity contribution is 7.71. The van der Waals surface area contributed by atoms with Gasteiger partial charge in [-0.1, -0.05) is 0 Å². The molecule has 14 heavy (non-hydrogen) atoms. The second kappa shape index (κ2) is 3.58. The molecule has 1 aromatic heterocycles. The van der Waals surface area contributed by atoms with E-state index in [-0.39, 0.29) is 0 Å². The zero-order valence-corrected chi connectivity index (χ0v) is 8.92. The number of nitrogens with zero attached hydrogens (tertiary/aromatic N) is 4. The molecule has 1 aromatic rings. The largest absolute Gasteiger partial charge is 0.366 e. The van der Waals surface area contributed by atoms with Crippen LogP contribution in [0.1, 0.15) is 0 Å². The number of rotatable bonds is 1. The highest BCUT2D eigenvalue weighted by Gasteiger charge is 2.16. The van der Waals surface area contributed by atoms with Crippen molar-refractivity contribution < 1.29 is 0 Å². The van der Waals surface area contributed by atoms with Gasteiger partial charge in [-0.25, -0.2) is 5.10 Å². The average Bonchev–Trinajstić information content (AvgIpc) is 2.49. The van der Waals surface area contributed by atoms with Gasteiger partial charge in [-0.05, 0) is 19.3 Å². The minimum absolute atomic E-state index is 0.430. The lowest BCUT2D eigenvalue weighted by atomic mass is 10.4. The molecule has 7 heteroatoms. The Bertz CT molecular complexity index is 361. The van der Waals surface area contributed by atoms with E-state index in [0.29, 0.717) is 10.7 Å². The molecule has 0 atom stereocenters. The smallest absolute Gasteiger partial charge is 0.239 e. The Kier molecular flexibility index (Phi) is 2.42. The van der Waals surface area contributed by atoms with E-state index in [9.17, 15) is 0 Å². The lowest BCUT2D eigenvalue weighted by Crippen LogP contribution is -2.50. The second-order valence-corrected chi connectivity index (χ2v) is 3.84. The summed E-state index contributed by atoms with van der Waals surface area (Å²) in [5.41, 5.74) is 5.71. The standard InChI is InChI=1S/C7H14N6S/c1-11-2-4-12(5-3-11)13-6(8)9-10-7(13)14/h2-5H2,1H3,(H2,8,9)(H,10,14). The van der Waals surface area contributed by atoms with Crippen LogP contribution >= 0.6 is 12.2 Å². The van der Waals surface area contributed by atoms with Gasteiger partial charge in [-0.2, -0.15) is 4.68 Å². The number of H-pyrrole nitrogens is 1. The Hall–Kier alpha value is -1.08. The molecule has 2 heterocycles. The number of hydrogen-bond acceptors (Lipinski definition) is 5. The highest BCUT2D eigenvalue weighted by atomic mass is 32.1. The number of nitrogen functional groups attached to an aromatic ring is 1. The highest BCUT2D eigenvalue weighted by Crippen LogP contribution is 2.04. The summed E-state index contributed by atoms with van der Waals surface area (Å²) in [5.74, 6) is 0.430. The van der Waals surface area contributed by atoms with Crippen LogP contribution in [-0.4, -0.2) is 53.0 Å². The summed E-state index contributed by atoms with van der Waals surface area (Å²) in [5, 5.41) is 8.67. The monoisotopic (exact) mass is 214 g/mol. The van der Waals surface area contributed by atoms with Crippen LogP contribution in [0.15, 0.2) is 0 Å². The zero-order valence-electron chi connectivity index (χ0n) is 8.10. The summed E-state index contributed by atoms with van der Waals surface area (Å²) in [6, 6.07) is 0. The Balaban J connectivity index is 2.20. The van der Waals surface area contributed by atoms with E-state index in [1.807, 2.05) is 0 Å². The van der Waals surface area contributed by atoms with Crippen LogP contribution in [0.5, 0.6) is 0 Å². The third kappa shape index (κ3) is 1.60. The topological polar surface area (TPSA) is 66.1 Å². The number of nitrogens with one attached hydrogen (secondary N) is 1. The van der Waals surface area contributed by atoms with Crippen molar-refractivity contribution in [3.05, 3.63) is 4.77 Å². The molecule has 1 aliphatic rings. The van der Waals surface area contributed by atoms with Crippen LogP contribution in [0.3, 0.4) is 0 Å². The number of hydrogen-bond donors (Lipinski definition) is 2. The van der Waals surface area contributed by atoms with E-state index >= 15 is 0 Å². The van der Waals surface area contributed by atoms with Crippen molar-refractivity contribution in [3.8, 4) is 0 Å². The quantitative estimate of drug-likeness (QED) is 0.611. The van der Waals surface area contributed by atoms with Crippen molar-refractivity contribution in [3.63, 3.8) is 0 Å². The van der Waals surface area contributed by atoms with E-state index in [4.69, 9.17) is 18.0 Å². The Morgan fingerprint density at radius 3 is 2.50 bits per heavy atom. The van der Waals surface area contributed by atoms with Crippen LogP contribution < -0.4 is 10.7 Å². The first-order valence-corrected chi connectivity index (χ1v) is 4.96. The molecular weight excluding hydrogens is 200 g/mol. The number of likely N-dealkylation sites (N-methyl/N-ethyl adjacent to an activating group) is 1. The van der Waals surface area contributed by atoms with Crippen LogP contribution in [0.25, 0.3) is 0 Å². The number of piperazine rings is 1. The minimum atomic E-state index is 0.430. The van der Waals surface area contributed by atoms with Gasteiger partial charge in [0.2, 0.25) is 10.7 Å². The fourth-order valence-corrected chi connectivity index (χ4v) is 1.83. The van der Waals surface area contributed by atoms with E-state index in [1.54, 1.807) is 4.68 Å². The van der Waals surface area contributed by atoms with Crippen molar-refractivity contribution in [1.29, 1.82) is 0 Å². The molecule has 78 valence electrons. The summed E-state index contributed by atoms with van der Waals surface area (Å²) in [6.45, 7) is 3.89. The number of aromatic amines is 1. The van der Waals surface area contributed by atoms with E-state index in [0.717, 1.165) is 26.2 Å². The third-order valence-electron chi connectivity index (χ3n) is 2.44. The van der Waals surface area contributed by atoms with Crippen molar-refractivity contribution >= 4 is 18.2 Å². The fourth-order valence-electron chi connectivity index (χ4n) is 1.57. The molecule has 0 amide bonds. The predicted octanol–water partition coefficient (Wildman–Crippen LogP) is -0.594. The van der Waals surface area contributed by atoms with Gasteiger partial charge in [-0.3, -0.25) is 0 Å². The molecule has 0 radical (unpaired) electrons. The lowest BCUT2D eigenvalue weighted by Gasteiger charge is -2.34. The molecule has 6 nitrogen and oxygen atoms in total. The van der Waals surface area contributed by atoms with Gasteiger partial charge in [0.05, 0.1) is 0 Å². The zero-order chi connectivity index (χ0) is 10.1. The first kappa shape index (κ1) is 9.47. The maximum atomic E-state index is 5.71. The number of anilines is 1. The molecule has 0 bridgehead atoms. The van der Waals surface area contributed by atoms with Crippen LogP contribution in [0, 0.1) is 4.77 Å². The molecule has 2 rings (SSSR count). The molecule has 0 spiro atoms. The fraction of sp³-hybridized carbons (Fsp3) is 0.714. The summed E-state index contributed by atoms with van der Waals surface area (Å²) >= 11 is 5.09. The molecule has 0 unspecified atom stereocenters. The average molecular weight is 214 g/mol. The Morgan fingerprint density at radius 2 is 2.00 bits per heavy atom. The number of aromatic nitrogens is 3. The van der Waals surface area contributed by atoms with Crippen molar-refractivity contribution in [1.82, 2.24) is 19.8 Å². The summed E-state index contributed by atoms with van der Waals surface area (Å²) < 4.78 is 2.33. The van der Waals surface area contributed by atoms with E-state index in [2.05, 4.69) is 27.2 Å². The molecular formula is C7H14N6S. The SMILES string of the molecule is CN1CCN(n2c(N)n[nH]c2=S)CC1. The van der Waals surface area contributed by atoms with E-state index < -0.39 is 0 Å². The van der Waals surface area contributed by atoms with E-state index in [1.165, 1.54) is 0 Å². The van der Waals surface area contributed by atoms with Crippen LogP contribution in [0.4, 0.5) is 5.95 Å². The molecule has 0 aliphatic carbocycles. The Morgan fingerprint density at radius 1 is 1.36 bits per heavy atom. The van der Waals surface area contributed by atoms with Crippen LogP contribution in [0.2, 0.25) is 0 Å². The minimum Gasteiger partial charge on any atom is -0.366 e. The van der Waals surface area contributed by atoms with Crippen molar-refractivity contribution in [2.45, 2.75) is 0 Å². The van der Waals surface area contributed by atoms with Gasteiger partial charge in [0, 0.05) is 26.2 Å². The van der Waals surface area contributed by atoms with Crippen LogP contribution in [-0.2, 0) is 0 Å². The molecule has 0 aromatic carbocycles. The Labute approximate surface area is 87.3 Å². The lowest BCUT2D eigenvalue weighted by molar-refractivity contribution is 0.287. The number of nitrogens with two attached hydrogens (primary N) is 1. The van der Waals surface area contributed by atoms with Gasteiger partial charge >= 0.3 is 0 Å². The summed E-state index contributed by atoms with van der Waals surface area (Å²) in [4.78, 5) is 2.27. The maximum Gasteiger partial charge on any atom is 0.239 e. The maximum absolute atomic E-state index is 5.71. The van der Waals surface area contributed by atoms with Crippen molar-refractivity contribution in [2.75, 3.05) is 44.0 Å². The molecule has 1 saturated heterocycles. The van der Waals surface area contributed by atoms with Gasteiger partial charge in [0.25, 0.3) is 0 Å². The van der Waals surface area contributed by atoms with Crippen molar-refractivity contribution in [2.24, 2.45) is 0 Å². The molecule has 0 saturated carbocycles. The normalized spacial score (nSPS) is 18.8. The first-order valence-electron chi connectivity index (χ1n) is 4.55. The van der Waals surface area contributed by atoms with Gasteiger partial charge < -0.3 is 15.6 Å².